The first kappa shape index (κ1) is 21.0. The molecule has 31 heavy (non-hydrogen) atoms. The molecule has 0 unspecified atom stereocenters. The maximum atomic E-state index is 12.9. The lowest BCUT2D eigenvalue weighted by molar-refractivity contribution is -0.132. The smallest absolute Gasteiger partial charge is 0.222 e. The first-order valence-corrected chi connectivity index (χ1v) is 12.6. The molecule has 162 valence electrons. The summed E-state index contributed by atoms with van der Waals surface area (Å²) in [5, 5.41) is 4.16. The molecule has 0 aliphatic carbocycles. The van der Waals surface area contributed by atoms with Gasteiger partial charge in [-0.3, -0.25) is 9.78 Å². The van der Waals surface area contributed by atoms with Gasteiger partial charge in [-0.25, -0.2) is 0 Å². The van der Waals surface area contributed by atoms with Crippen molar-refractivity contribution in [3.05, 3.63) is 63.9 Å². The lowest BCUT2D eigenvalue weighted by atomic mass is 9.88. The van der Waals surface area contributed by atoms with E-state index in [4.69, 9.17) is 16.6 Å². The second-order valence-electron chi connectivity index (χ2n) is 8.70. The SMILES string of the molecule is O=C(CC1CCNCC1)N1CCC(=C2c3ccc(Cl)cc3SCc3cccnc32)CC1. The second-order valence-corrected chi connectivity index (χ2v) is 10.2. The highest BCUT2D eigenvalue weighted by Crippen LogP contribution is 2.43. The monoisotopic (exact) mass is 453 g/mol. The number of piperidine rings is 2. The topological polar surface area (TPSA) is 45.2 Å². The third-order valence-corrected chi connectivity index (χ3v) is 8.06. The molecule has 2 aromatic rings. The number of pyridine rings is 1. The molecule has 1 aromatic carbocycles. The number of hydrogen-bond donors (Lipinski definition) is 1. The molecule has 0 bridgehead atoms. The van der Waals surface area contributed by atoms with Gasteiger partial charge in [0.1, 0.15) is 0 Å². The fourth-order valence-corrected chi connectivity index (χ4v) is 6.30. The molecular weight excluding hydrogens is 426 g/mol. The van der Waals surface area contributed by atoms with E-state index in [0.29, 0.717) is 18.2 Å². The zero-order valence-electron chi connectivity index (χ0n) is 17.7. The molecule has 3 aliphatic rings. The number of carbonyl (C=O) groups is 1. The van der Waals surface area contributed by atoms with Crippen molar-refractivity contribution < 1.29 is 4.79 Å². The van der Waals surface area contributed by atoms with Crippen LogP contribution in [-0.2, 0) is 10.5 Å². The van der Waals surface area contributed by atoms with E-state index in [1.165, 1.54) is 27.2 Å². The summed E-state index contributed by atoms with van der Waals surface area (Å²) in [5.74, 6) is 1.77. The highest BCUT2D eigenvalue weighted by molar-refractivity contribution is 7.98. The number of benzene rings is 1. The van der Waals surface area contributed by atoms with Gasteiger partial charge in [0.15, 0.2) is 0 Å². The fraction of sp³-hybridized carbons (Fsp3) is 0.440. The number of nitrogens with zero attached hydrogens (tertiary/aromatic N) is 2. The molecule has 1 N–H and O–H groups in total. The van der Waals surface area contributed by atoms with Crippen molar-refractivity contribution in [2.75, 3.05) is 26.2 Å². The molecule has 5 rings (SSSR count). The lowest BCUT2D eigenvalue weighted by Gasteiger charge is -2.32. The van der Waals surface area contributed by atoms with Crippen molar-refractivity contribution in [2.24, 2.45) is 5.92 Å². The lowest BCUT2D eigenvalue weighted by Crippen LogP contribution is -2.39. The van der Waals surface area contributed by atoms with Crippen LogP contribution in [-0.4, -0.2) is 42.0 Å². The second kappa shape index (κ2) is 9.35. The third kappa shape index (κ3) is 4.55. The number of fused-ring (bicyclic) bond motifs is 2. The molecule has 4 heterocycles. The van der Waals surface area contributed by atoms with Crippen molar-refractivity contribution in [3.8, 4) is 0 Å². The van der Waals surface area contributed by atoms with E-state index in [1.807, 2.05) is 30.1 Å². The van der Waals surface area contributed by atoms with Gasteiger partial charge < -0.3 is 10.2 Å². The molecule has 3 aliphatic heterocycles. The summed E-state index contributed by atoms with van der Waals surface area (Å²) in [6.07, 6.45) is 6.66. The zero-order chi connectivity index (χ0) is 21.2. The van der Waals surface area contributed by atoms with E-state index in [0.717, 1.165) is 68.3 Å². The van der Waals surface area contributed by atoms with Crippen LogP contribution in [0.5, 0.6) is 0 Å². The number of hydrogen-bond acceptors (Lipinski definition) is 4. The van der Waals surface area contributed by atoms with Crippen LogP contribution in [0.3, 0.4) is 0 Å². The molecule has 0 saturated carbocycles. The summed E-state index contributed by atoms with van der Waals surface area (Å²) in [6, 6.07) is 10.4. The average molecular weight is 454 g/mol. The number of likely N-dealkylation sites (tertiary alicyclic amines) is 1. The quantitative estimate of drug-likeness (QED) is 0.682. The molecule has 0 radical (unpaired) electrons. The highest BCUT2D eigenvalue weighted by atomic mass is 35.5. The van der Waals surface area contributed by atoms with Gasteiger partial charge in [-0.2, -0.15) is 0 Å². The summed E-state index contributed by atoms with van der Waals surface area (Å²) in [4.78, 5) is 21.0. The Labute approximate surface area is 193 Å². The first-order valence-electron chi connectivity index (χ1n) is 11.3. The number of carbonyl (C=O) groups excluding carboxylic acids is 1. The van der Waals surface area contributed by atoms with Crippen molar-refractivity contribution >= 4 is 34.8 Å². The average Bonchev–Trinajstić information content (AvgIpc) is 2.96. The minimum absolute atomic E-state index is 0.332. The molecule has 2 fully saturated rings. The summed E-state index contributed by atoms with van der Waals surface area (Å²) in [7, 11) is 0. The van der Waals surface area contributed by atoms with Crippen LogP contribution < -0.4 is 5.32 Å². The van der Waals surface area contributed by atoms with Gasteiger partial charge in [0.2, 0.25) is 5.91 Å². The molecule has 1 aromatic heterocycles. The number of thioether (sulfide) groups is 1. The van der Waals surface area contributed by atoms with Gasteiger partial charge in [-0.05, 0) is 74.0 Å². The predicted octanol–water partition coefficient (Wildman–Crippen LogP) is 5.15. The van der Waals surface area contributed by atoms with E-state index >= 15 is 0 Å². The van der Waals surface area contributed by atoms with Crippen molar-refractivity contribution in [1.82, 2.24) is 15.2 Å². The summed E-state index contributed by atoms with van der Waals surface area (Å²) < 4.78 is 0. The van der Waals surface area contributed by atoms with E-state index < -0.39 is 0 Å². The first-order chi connectivity index (χ1) is 15.2. The van der Waals surface area contributed by atoms with Crippen LogP contribution >= 0.6 is 23.4 Å². The Balaban J connectivity index is 1.40. The van der Waals surface area contributed by atoms with E-state index in [-0.39, 0.29) is 0 Å². The largest absolute Gasteiger partial charge is 0.342 e. The van der Waals surface area contributed by atoms with Crippen LogP contribution in [0.15, 0.2) is 47.0 Å². The van der Waals surface area contributed by atoms with Gasteiger partial charge >= 0.3 is 0 Å². The van der Waals surface area contributed by atoms with Crippen molar-refractivity contribution in [1.29, 1.82) is 0 Å². The zero-order valence-corrected chi connectivity index (χ0v) is 19.3. The molecule has 0 spiro atoms. The van der Waals surface area contributed by atoms with Crippen LogP contribution in [0.25, 0.3) is 5.57 Å². The fourth-order valence-electron chi connectivity index (χ4n) is 4.98. The maximum Gasteiger partial charge on any atom is 0.222 e. The third-order valence-electron chi connectivity index (χ3n) is 6.72. The normalized spacial score (nSPS) is 19.6. The Morgan fingerprint density at radius 2 is 2.00 bits per heavy atom. The molecule has 4 nitrogen and oxygen atoms in total. The maximum absolute atomic E-state index is 12.9. The van der Waals surface area contributed by atoms with Gasteiger partial charge in [0.05, 0.1) is 5.69 Å². The van der Waals surface area contributed by atoms with E-state index in [2.05, 4.69) is 28.4 Å². The molecule has 0 atom stereocenters. The van der Waals surface area contributed by atoms with Gasteiger partial charge in [0, 0.05) is 47.0 Å². The van der Waals surface area contributed by atoms with E-state index in [9.17, 15) is 4.79 Å². The predicted molar refractivity (Wildman–Crippen MR) is 127 cm³/mol. The minimum Gasteiger partial charge on any atom is -0.342 e. The Morgan fingerprint density at radius 1 is 1.19 bits per heavy atom. The van der Waals surface area contributed by atoms with Crippen LogP contribution in [0.1, 0.15) is 48.9 Å². The Bertz CT molecular complexity index is 1010. The number of aromatic nitrogens is 1. The highest BCUT2D eigenvalue weighted by Gasteiger charge is 2.28. The van der Waals surface area contributed by atoms with Gasteiger partial charge in [0.25, 0.3) is 0 Å². The molecule has 1 amide bonds. The van der Waals surface area contributed by atoms with Gasteiger partial charge in [-0.1, -0.05) is 29.3 Å². The number of amides is 1. The van der Waals surface area contributed by atoms with Gasteiger partial charge in [-0.15, -0.1) is 11.8 Å². The molecular formula is C25H28ClN3OS. The number of halogens is 1. The van der Waals surface area contributed by atoms with Crippen molar-refractivity contribution in [2.45, 2.75) is 42.8 Å². The Hall–Kier alpha value is -1.82. The van der Waals surface area contributed by atoms with Crippen LogP contribution in [0.2, 0.25) is 5.02 Å². The minimum atomic E-state index is 0.332. The summed E-state index contributed by atoms with van der Waals surface area (Å²) in [5.41, 5.74) is 6.28. The summed E-state index contributed by atoms with van der Waals surface area (Å²) in [6.45, 7) is 3.70. The number of rotatable bonds is 2. The Kier molecular flexibility index (Phi) is 6.35. The molecule has 6 heteroatoms. The van der Waals surface area contributed by atoms with Crippen LogP contribution in [0, 0.1) is 5.92 Å². The van der Waals surface area contributed by atoms with Crippen molar-refractivity contribution in [3.63, 3.8) is 0 Å². The Morgan fingerprint density at radius 3 is 2.81 bits per heavy atom. The summed E-state index contributed by atoms with van der Waals surface area (Å²) >= 11 is 8.15. The number of nitrogens with one attached hydrogen (secondary N) is 1. The van der Waals surface area contributed by atoms with Crippen LogP contribution in [0.4, 0.5) is 0 Å². The standard InChI is InChI=1S/C25H28ClN3OS/c26-20-3-4-21-22(15-20)31-16-19-2-1-9-28-25(19)24(21)18-7-12-29(13-8-18)23(30)14-17-5-10-27-11-6-17/h1-4,9,15,17,27H,5-8,10-14,16H2. The van der Waals surface area contributed by atoms with E-state index in [1.54, 1.807) is 0 Å². The molecule has 2 saturated heterocycles.